The zero-order valence-corrected chi connectivity index (χ0v) is 42.0. The summed E-state index contributed by atoms with van der Waals surface area (Å²) in [5, 5.41) is 0.354. The van der Waals surface area contributed by atoms with Crippen LogP contribution in [-0.4, -0.2) is 66.7 Å². The van der Waals surface area contributed by atoms with Crippen LogP contribution in [0.5, 0.6) is 23.0 Å². The standard InChI is InChI=1S/C44H80O6P2Si2/c1-31(2)51(32(3)4)49-41-37(27-35(29-39(41)45-15)23-21-25-47-53(17,18)43(9,10)11)38-28-36(24-22-26-48-54(19,20)44(12,13)14)30-40(46-16)42(38)50-52(33(5)6)34(7)8/h27-34H,21-26H2,1-20H3. The maximum absolute atomic E-state index is 7.16. The van der Waals surface area contributed by atoms with E-state index in [4.69, 9.17) is 27.4 Å². The summed E-state index contributed by atoms with van der Waals surface area (Å²) in [5.74, 6) is 3.09. The van der Waals surface area contributed by atoms with Gasteiger partial charge in [-0.1, -0.05) is 96.9 Å². The van der Waals surface area contributed by atoms with Crippen molar-refractivity contribution in [3.8, 4) is 34.1 Å². The van der Waals surface area contributed by atoms with E-state index >= 15 is 0 Å². The summed E-state index contributed by atoms with van der Waals surface area (Å²) >= 11 is 0. The van der Waals surface area contributed by atoms with Crippen LogP contribution in [-0.2, 0) is 21.7 Å². The highest BCUT2D eigenvalue weighted by atomic mass is 31.1. The van der Waals surface area contributed by atoms with E-state index in [2.05, 4.69) is 147 Å². The van der Waals surface area contributed by atoms with Gasteiger partial charge in [0.05, 0.1) is 30.5 Å². The summed E-state index contributed by atoms with van der Waals surface area (Å²) in [6.07, 6.45) is 3.58. The van der Waals surface area contributed by atoms with Crippen LogP contribution in [0.4, 0.5) is 0 Å². The maximum Gasteiger partial charge on any atom is 0.191 e. The Kier molecular flexibility index (Phi) is 18.6. The lowest BCUT2D eigenvalue weighted by Gasteiger charge is -2.36. The molecule has 0 saturated heterocycles. The Morgan fingerprint density at radius 1 is 0.519 bits per heavy atom. The highest BCUT2D eigenvalue weighted by Crippen LogP contribution is 2.57. The normalized spacial score (nSPS) is 13.3. The van der Waals surface area contributed by atoms with Crippen molar-refractivity contribution < 1.29 is 27.4 Å². The first-order valence-corrected chi connectivity index (χ1v) is 29.0. The van der Waals surface area contributed by atoms with Crippen molar-refractivity contribution in [3.63, 3.8) is 0 Å². The van der Waals surface area contributed by atoms with Gasteiger partial charge in [0, 0.05) is 47.0 Å². The van der Waals surface area contributed by atoms with Gasteiger partial charge in [0.25, 0.3) is 0 Å². The van der Waals surface area contributed by atoms with Crippen LogP contribution < -0.4 is 18.5 Å². The number of aryl methyl sites for hydroxylation is 2. The number of rotatable bonds is 21. The Hall–Kier alpha value is -1.15. The smallest absolute Gasteiger partial charge is 0.191 e. The van der Waals surface area contributed by atoms with Gasteiger partial charge >= 0.3 is 0 Å². The molecule has 0 aromatic heterocycles. The minimum absolute atomic E-state index is 0.177. The molecule has 2 aromatic carbocycles. The molecular weight excluding hydrogens is 743 g/mol. The maximum atomic E-state index is 7.16. The van der Waals surface area contributed by atoms with Crippen LogP contribution in [0.3, 0.4) is 0 Å². The molecular formula is C44H80O6P2Si2. The van der Waals surface area contributed by atoms with Crippen molar-refractivity contribution in [2.45, 2.75) is 182 Å². The molecule has 0 aliphatic heterocycles. The molecule has 0 heterocycles. The number of hydrogen-bond donors (Lipinski definition) is 0. The molecule has 0 spiro atoms. The molecule has 0 unspecified atom stereocenters. The van der Waals surface area contributed by atoms with Crippen LogP contribution in [0.2, 0.25) is 36.3 Å². The second-order valence-electron chi connectivity index (χ2n) is 19.1. The van der Waals surface area contributed by atoms with E-state index in [0.717, 1.165) is 73.0 Å². The molecule has 0 amide bonds. The Balaban J connectivity index is 2.84. The van der Waals surface area contributed by atoms with Gasteiger partial charge in [0.1, 0.15) is 0 Å². The van der Waals surface area contributed by atoms with Gasteiger partial charge in [-0.05, 0) is 97.3 Å². The van der Waals surface area contributed by atoms with Crippen molar-refractivity contribution in [2.24, 2.45) is 0 Å². The first-order valence-electron chi connectivity index (χ1n) is 20.4. The molecule has 6 nitrogen and oxygen atoms in total. The lowest BCUT2D eigenvalue weighted by molar-refractivity contribution is 0.282. The van der Waals surface area contributed by atoms with Gasteiger partial charge in [-0.3, -0.25) is 0 Å². The van der Waals surface area contributed by atoms with E-state index in [9.17, 15) is 0 Å². The largest absolute Gasteiger partial charge is 0.493 e. The quantitative estimate of drug-likeness (QED) is 0.0710. The van der Waals surface area contributed by atoms with Gasteiger partial charge in [-0.2, -0.15) is 0 Å². The monoisotopic (exact) mass is 822 g/mol. The fourth-order valence-corrected chi connectivity index (χ4v) is 12.2. The third-order valence-electron chi connectivity index (χ3n) is 11.1. The number of methoxy groups -OCH3 is 2. The van der Waals surface area contributed by atoms with Crippen molar-refractivity contribution in [1.29, 1.82) is 0 Å². The third kappa shape index (κ3) is 13.5. The van der Waals surface area contributed by atoms with Crippen LogP contribution >= 0.6 is 16.3 Å². The van der Waals surface area contributed by atoms with E-state index in [0.29, 0.717) is 22.6 Å². The third-order valence-corrected chi connectivity index (χ3v) is 25.1. The summed E-state index contributed by atoms with van der Waals surface area (Å²) in [7, 11) is -1.78. The van der Waals surface area contributed by atoms with Crippen molar-refractivity contribution in [1.82, 2.24) is 0 Å². The average Bonchev–Trinajstić information content (AvgIpc) is 3.04. The lowest BCUT2D eigenvalue weighted by atomic mass is 9.95. The fraction of sp³-hybridized carbons (Fsp3) is 0.727. The molecule has 2 aromatic rings. The van der Waals surface area contributed by atoms with Crippen LogP contribution in [0.15, 0.2) is 24.3 Å². The molecule has 0 aliphatic rings. The molecule has 54 heavy (non-hydrogen) atoms. The predicted octanol–water partition coefficient (Wildman–Crippen LogP) is 14.5. The SMILES string of the molecule is COc1cc(CCCO[Si](C)(C)C(C)(C)C)cc(-c2cc(CCCO[Si](C)(C)C(C)(C)C)cc(OC)c2OP(C(C)C)C(C)C)c1OP(C(C)C)C(C)C. The summed E-state index contributed by atoms with van der Waals surface area (Å²) in [5.41, 5.74) is 5.87. The zero-order valence-electron chi connectivity index (χ0n) is 38.2. The fourth-order valence-electron chi connectivity index (χ4n) is 5.96. The summed E-state index contributed by atoms with van der Waals surface area (Å²) in [4.78, 5) is 0. The van der Waals surface area contributed by atoms with Gasteiger partial charge in [-0.25, -0.2) is 0 Å². The zero-order chi connectivity index (χ0) is 41.4. The Labute approximate surface area is 337 Å². The molecule has 0 radical (unpaired) electrons. The minimum Gasteiger partial charge on any atom is -0.493 e. The first-order chi connectivity index (χ1) is 24.8. The van der Waals surface area contributed by atoms with Crippen LogP contribution in [0.25, 0.3) is 11.1 Å². The van der Waals surface area contributed by atoms with E-state index < -0.39 is 32.9 Å². The molecule has 0 fully saturated rings. The Morgan fingerprint density at radius 3 is 1.06 bits per heavy atom. The van der Waals surface area contributed by atoms with Gasteiger partial charge in [-0.15, -0.1) is 0 Å². The molecule has 310 valence electrons. The second kappa shape index (κ2) is 20.5. The summed E-state index contributed by atoms with van der Waals surface area (Å²) < 4.78 is 39.9. The summed E-state index contributed by atoms with van der Waals surface area (Å²) in [6.45, 7) is 42.7. The van der Waals surface area contributed by atoms with Crippen molar-refractivity contribution in [3.05, 3.63) is 35.4 Å². The van der Waals surface area contributed by atoms with E-state index in [1.807, 2.05) is 0 Å². The number of ether oxygens (including phenoxy) is 2. The second-order valence-corrected chi connectivity index (χ2v) is 34.6. The van der Waals surface area contributed by atoms with Crippen LogP contribution in [0, 0.1) is 0 Å². The van der Waals surface area contributed by atoms with E-state index in [1.165, 1.54) is 11.1 Å². The van der Waals surface area contributed by atoms with E-state index in [1.54, 1.807) is 14.2 Å². The summed E-state index contributed by atoms with van der Waals surface area (Å²) in [6, 6.07) is 8.98. The molecule has 10 heteroatoms. The Bertz CT molecular complexity index is 1330. The molecule has 0 atom stereocenters. The van der Waals surface area contributed by atoms with Crippen LogP contribution in [0.1, 0.15) is 121 Å². The Morgan fingerprint density at radius 2 is 0.815 bits per heavy atom. The molecule has 2 rings (SSSR count). The minimum atomic E-state index is -1.84. The van der Waals surface area contributed by atoms with Gasteiger partial charge in [0.2, 0.25) is 0 Å². The van der Waals surface area contributed by atoms with Gasteiger partial charge < -0.3 is 27.4 Å². The molecule has 0 aliphatic carbocycles. The van der Waals surface area contributed by atoms with Crippen molar-refractivity contribution >= 4 is 32.9 Å². The first kappa shape index (κ1) is 49.0. The lowest BCUT2D eigenvalue weighted by Crippen LogP contribution is -2.41. The number of benzene rings is 2. The molecule has 0 bridgehead atoms. The van der Waals surface area contributed by atoms with Gasteiger partial charge in [0.15, 0.2) is 39.6 Å². The topological polar surface area (TPSA) is 55.4 Å². The van der Waals surface area contributed by atoms with E-state index in [-0.39, 0.29) is 10.1 Å². The highest BCUT2D eigenvalue weighted by molar-refractivity contribution is 7.54. The highest BCUT2D eigenvalue weighted by Gasteiger charge is 2.38. The number of hydrogen-bond acceptors (Lipinski definition) is 6. The molecule has 0 saturated carbocycles. The predicted molar refractivity (Wildman–Crippen MR) is 244 cm³/mol. The van der Waals surface area contributed by atoms with Crippen molar-refractivity contribution in [2.75, 3.05) is 27.4 Å². The average molecular weight is 823 g/mol. The molecule has 0 N–H and O–H groups in total.